The summed E-state index contributed by atoms with van der Waals surface area (Å²) in [6.07, 6.45) is 6.58. The molecule has 170 valence electrons. The molecule has 1 saturated carbocycles. The van der Waals surface area contributed by atoms with Crippen LogP contribution in [-0.4, -0.2) is 32.8 Å². The van der Waals surface area contributed by atoms with Gasteiger partial charge in [-0.1, -0.05) is 49.6 Å². The quantitative estimate of drug-likeness (QED) is 0.518. The van der Waals surface area contributed by atoms with Crippen LogP contribution in [0.4, 0.5) is 0 Å². The number of benzene rings is 2. The van der Waals surface area contributed by atoms with Gasteiger partial charge in [0.25, 0.3) is 0 Å². The first kappa shape index (κ1) is 20.5. The molecule has 1 saturated heterocycles. The van der Waals surface area contributed by atoms with Crippen molar-refractivity contribution in [1.29, 1.82) is 0 Å². The maximum atomic E-state index is 11.8. The maximum absolute atomic E-state index is 11.8. The molecule has 3 aliphatic rings. The fourth-order valence-corrected chi connectivity index (χ4v) is 6.57. The molecule has 6 heteroatoms. The van der Waals surface area contributed by atoms with E-state index in [-0.39, 0.29) is 12.0 Å². The van der Waals surface area contributed by atoms with Crippen molar-refractivity contribution in [1.82, 2.24) is 9.88 Å². The van der Waals surface area contributed by atoms with Gasteiger partial charge in [-0.15, -0.1) is 0 Å². The predicted octanol–water partition coefficient (Wildman–Crippen LogP) is 5.17. The Kier molecular flexibility index (Phi) is 4.80. The third-order valence-electron chi connectivity index (χ3n) is 8.02. The second kappa shape index (κ2) is 7.73. The van der Waals surface area contributed by atoms with Crippen LogP contribution in [-0.2, 0) is 11.3 Å². The van der Waals surface area contributed by atoms with E-state index >= 15 is 0 Å². The summed E-state index contributed by atoms with van der Waals surface area (Å²) in [7, 11) is 0. The third kappa shape index (κ3) is 3.19. The number of aliphatic carboxylic acids is 1. The number of aromatic carboxylic acids is 1. The molecule has 2 aromatic carbocycles. The van der Waals surface area contributed by atoms with E-state index in [1.165, 1.54) is 30.5 Å². The van der Waals surface area contributed by atoms with Crippen LogP contribution in [0.5, 0.6) is 0 Å². The summed E-state index contributed by atoms with van der Waals surface area (Å²) in [5.41, 5.74) is 6.11. The standard InChI is InChI=1S/C27H28N2O4/c30-26(31)16-10-11-20-22(13-16)29-14-17-12-21(27(32)33)28-24(17)18-8-4-5-9-19(18)25(29)23(20)15-6-2-1-3-7-15/h4-5,8-11,13,15,17,21,24,28H,1-3,6-7,12,14H2,(H,30,31)(H,32,33). The molecule has 3 atom stereocenters. The first-order chi connectivity index (χ1) is 16.0. The molecule has 2 fully saturated rings. The number of carboxylic acids is 2. The van der Waals surface area contributed by atoms with Crippen LogP contribution in [0.25, 0.3) is 22.2 Å². The van der Waals surface area contributed by atoms with Gasteiger partial charge in [0.15, 0.2) is 0 Å². The highest BCUT2D eigenvalue weighted by Crippen LogP contribution is 2.50. The average molecular weight is 445 g/mol. The molecule has 3 unspecified atom stereocenters. The molecule has 33 heavy (non-hydrogen) atoms. The summed E-state index contributed by atoms with van der Waals surface area (Å²) >= 11 is 0. The normalized spacial score (nSPS) is 24.7. The zero-order valence-corrected chi connectivity index (χ0v) is 18.5. The van der Waals surface area contributed by atoms with E-state index in [1.807, 2.05) is 18.2 Å². The predicted molar refractivity (Wildman–Crippen MR) is 126 cm³/mol. The smallest absolute Gasteiger partial charge is 0.335 e. The van der Waals surface area contributed by atoms with Gasteiger partial charge in [0.1, 0.15) is 6.04 Å². The van der Waals surface area contributed by atoms with Crippen LogP contribution in [0.2, 0.25) is 0 Å². The minimum atomic E-state index is -0.924. The van der Waals surface area contributed by atoms with Gasteiger partial charge in [-0.3, -0.25) is 10.1 Å². The Balaban J connectivity index is 1.63. The van der Waals surface area contributed by atoms with E-state index < -0.39 is 18.0 Å². The van der Waals surface area contributed by atoms with Gasteiger partial charge < -0.3 is 14.8 Å². The van der Waals surface area contributed by atoms with Gasteiger partial charge >= 0.3 is 11.9 Å². The lowest BCUT2D eigenvalue weighted by Gasteiger charge is -2.24. The summed E-state index contributed by atoms with van der Waals surface area (Å²) < 4.78 is 2.31. The Labute approximate surface area is 192 Å². The molecule has 3 heterocycles. The van der Waals surface area contributed by atoms with Crippen LogP contribution in [0.15, 0.2) is 42.5 Å². The Morgan fingerprint density at radius 3 is 2.55 bits per heavy atom. The highest BCUT2D eigenvalue weighted by Gasteiger charge is 2.42. The van der Waals surface area contributed by atoms with E-state index in [0.717, 1.165) is 34.9 Å². The first-order valence-electron chi connectivity index (χ1n) is 12.0. The SMILES string of the molecule is O=C(O)c1ccc2c(C3CCCCC3)c3n(c2c1)CC1CC(C(=O)O)NC1c1ccccc1-3. The van der Waals surface area contributed by atoms with Gasteiger partial charge in [0, 0.05) is 29.1 Å². The third-order valence-corrected chi connectivity index (χ3v) is 8.02. The molecule has 0 spiro atoms. The monoisotopic (exact) mass is 444 g/mol. The van der Waals surface area contributed by atoms with Crippen molar-refractivity contribution in [3.63, 3.8) is 0 Å². The fourth-order valence-electron chi connectivity index (χ4n) is 6.57. The largest absolute Gasteiger partial charge is 0.480 e. The van der Waals surface area contributed by atoms with Gasteiger partial charge in [0.2, 0.25) is 0 Å². The zero-order valence-electron chi connectivity index (χ0n) is 18.5. The minimum absolute atomic E-state index is 0.0286. The van der Waals surface area contributed by atoms with E-state index in [1.54, 1.807) is 6.07 Å². The lowest BCUT2D eigenvalue weighted by Crippen LogP contribution is -2.32. The van der Waals surface area contributed by atoms with E-state index in [4.69, 9.17) is 0 Å². The van der Waals surface area contributed by atoms with Gasteiger partial charge in [-0.2, -0.15) is 0 Å². The number of aromatic nitrogens is 1. The van der Waals surface area contributed by atoms with Gasteiger partial charge in [-0.25, -0.2) is 4.79 Å². The van der Waals surface area contributed by atoms with Crippen LogP contribution in [0, 0.1) is 5.92 Å². The van der Waals surface area contributed by atoms with Crippen molar-refractivity contribution in [3.8, 4) is 11.3 Å². The Bertz CT molecular complexity index is 1270. The highest BCUT2D eigenvalue weighted by molar-refractivity contribution is 5.98. The summed E-state index contributed by atoms with van der Waals surface area (Å²) in [5.74, 6) is -1.16. The Hall–Kier alpha value is -3.12. The van der Waals surface area contributed by atoms with Crippen LogP contribution in [0.1, 0.15) is 72.0 Å². The number of hydrogen-bond acceptors (Lipinski definition) is 3. The van der Waals surface area contributed by atoms with E-state index in [2.05, 4.69) is 28.1 Å². The second-order valence-corrected chi connectivity index (χ2v) is 9.86. The van der Waals surface area contributed by atoms with Crippen LogP contribution < -0.4 is 5.32 Å². The Morgan fingerprint density at radius 2 is 1.79 bits per heavy atom. The minimum Gasteiger partial charge on any atom is -0.480 e. The van der Waals surface area contributed by atoms with Crippen molar-refractivity contribution >= 4 is 22.8 Å². The molecule has 3 aromatic rings. The second-order valence-electron chi connectivity index (χ2n) is 9.86. The summed E-state index contributed by atoms with van der Waals surface area (Å²) in [4.78, 5) is 23.6. The number of rotatable bonds is 3. The van der Waals surface area contributed by atoms with Crippen molar-refractivity contribution in [3.05, 3.63) is 59.2 Å². The first-order valence-corrected chi connectivity index (χ1v) is 12.0. The molecule has 1 aliphatic carbocycles. The molecule has 0 bridgehead atoms. The molecule has 2 aliphatic heterocycles. The molecular formula is C27H28N2O4. The number of fused-ring (bicyclic) bond motifs is 7. The van der Waals surface area contributed by atoms with Crippen molar-refractivity contribution < 1.29 is 19.8 Å². The number of nitrogens with one attached hydrogen (secondary N) is 1. The van der Waals surface area contributed by atoms with Crippen LogP contribution in [0.3, 0.4) is 0 Å². The summed E-state index contributed by atoms with van der Waals surface area (Å²) in [6.45, 7) is 0.678. The van der Waals surface area contributed by atoms with Crippen molar-refractivity contribution in [2.75, 3.05) is 0 Å². The van der Waals surface area contributed by atoms with Gasteiger partial charge in [-0.05, 0) is 54.4 Å². The number of carbonyl (C=O) groups is 2. The molecule has 6 rings (SSSR count). The maximum Gasteiger partial charge on any atom is 0.335 e. The molecule has 1 aromatic heterocycles. The molecule has 6 nitrogen and oxygen atoms in total. The topological polar surface area (TPSA) is 91.6 Å². The van der Waals surface area contributed by atoms with Gasteiger partial charge in [0.05, 0.1) is 11.3 Å². The van der Waals surface area contributed by atoms with Crippen molar-refractivity contribution in [2.24, 2.45) is 5.92 Å². The molecule has 0 amide bonds. The summed E-state index contributed by atoms with van der Waals surface area (Å²) in [6, 6.07) is 13.3. The highest BCUT2D eigenvalue weighted by atomic mass is 16.4. The number of nitrogens with zero attached hydrogens (tertiary/aromatic N) is 1. The summed E-state index contributed by atoms with van der Waals surface area (Å²) in [5, 5.41) is 23.9. The lowest BCUT2D eigenvalue weighted by molar-refractivity contribution is -0.139. The van der Waals surface area contributed by atoms with Crippen LogP contribution >= 0.6 is 0 Å². The lowest BCUT2D eigenvalue weighted by atomic mass is 9.81. The zero-order chi connectivity index (χ0) is 22.7. The Morgan fingerprint density at radius 1 is 1.00 bits per heavy atom. The average Bonchev–Trinajstić information content (AvgIpc) is 3.36. The molecular weight excluding hydrogens is 416 g/mol. The molecule has 3 N–H and O–H groups in total. The molecule has 0 radical (unpaired) electrons. The number of carboxylic acid groups (broad SMARTS) is 2. The van der Waals surface area contributed by atoms with E-state index in [9.17, 15) is 19.8 Å². The number of hydrogen-bond donors (Lipinski definition) is 3. The van der Waals surface area contributed by atoms with E-state index in [0.29, 0.717) is 24.4 Å². The van der Waals surface area contributed by atoms with Crippen molar-refractivity contribution in [2.45, 2.75) is 63.1 Å². The fraction of sp³-hybridized carbons (Fsp3) is 0.407.